The Kier molecular flexibility index (Phi) is 8.96. The van der Waals surface area contributed by atoms with Crippen LogP contribution in [0.25, 0.3) is 0 Å². The lowest BCUT2D eigenvalue weighted by Gasteiger charge is -2.37. The summed E-state index contributed by atoms with van der Waals surface area (Å²) >= 11 is 4.37. The third-order valence-electron chi connectivity index (χ3n) is 4.16. The molecule has 1 heterocycles. The Morgan fingerprint density at radius 3 is 2.55 bits per heavy atom. The molecule has 1 fully saturated rings. The highest BCUT2D eigenvalue weighted by atomic mass is 32.2. The van der Waals surface area contributed by atoms with Gasteiger partial charge in [0.25, 0.3) is 0 Å². The fourth-order valence-corrected chi connectivity index (χ4v) is 5.93. The zero-order valence-corrected chi connectivity index (χ0v) is 15.5. The van der Waals surface area contributed by atoms with E-state index in [-0.39, 0.29) is 5.60 Å². The molecule has 1 aliphatic rings. The van der Waals surface area contributed by atoms with Crippen molar-refractivity contribution in [2.75, 3.05) is 25.2 Å². The van der Waals surface area contributed by atoms with E-state index >= 15 is 0 Å². The second kappa shape index (κ2) is 9.60. The largest absolute Gasteiger partial charge is 0.379 e. The van der Waals surface area contributed by atoms with E-state index in [1.54, 1.807) is 0 Å². The number of methoxy groups -OCH3 is 1. The molecule has 0 aliphatic carbocycles. The van der Waals surface area contributed by atoms with Crippen molar-refractivity contribution in [2.24, 2.45) is 0 Å². The molecular formula is C16H33NOS2. The molecule has 120 valence electrons. The fourth-order valence-electron chi connectivity index (χ4n) is 2.63. The summed E-state index contributed by atoms with van der Waals surface area (Å²) in [6.45, 7) is 10.1. The van der Waals surface area contributed by atoms with Crippen molar-refractivity contribution in [1.29, 1.82) is 0 Å². The summed E-state index contributed by atoms with van der Waals surface area (Å²) in [5.41, 5.74) is 0.000330. The number of thioether (sulfide) groups is 2. The van der Waals surface area contributed by atoms with Crippen molar-refractivity contribution in [1.82, 2.24) is 5.32 Å². The molecule has 0 spiro atoms. The van der Waals surface area contributed by atoms with Crippen molar-refractivity contribution in [2.45, 2.75) is 75.5 Å². The average Bonchev–Trinajstić information content (AvgIpc) is 2.47. The van der Waals surface area contributed by atoms with Gasteiger partial charge in [-0.25, -0.2) is 0 Å². The lowest BCUT2D eigenvalue weighted by Crippen LogP contribution is -2.46. The molecule has 0 aromatic heterocycles. The van der Waals surface area contributed by atoms with Crippen molar-refractivity contribution in [3.8, 4) is 0 Å². The minimum atomic E-state index is 0.000330. The first kappa shape index (κ1) is 18.7. The lowest BCUT2D eigenvalue weighted by molar-refractivity contribution is 0.0116. The smallest absolute Gasteiger partial charge is 0.0623 e. The van der Waals surface area contributed by atoms with Crippen LogP contribution in [0.5, 0.6) is 0 Å². The van der Waals surface area contributed by atoms with Crippen LogP contribution in [-0.2, 0) is 4.74 Å². The summed E-state index contributed by atoms with van der Waals surface area (Å²) in [7, 11) is 1.83. The van der Waals surface area contributed by atoms with E-state index < -0.39 is 0 Å². The van der Waals surface area contributed by atoms with Crippen molar-refractivity contribution in [3.05, 3.63) is 0 Å². The molecule has 0 saturated carbocycles. The molecule has 20 heavy (non-hydrogen) atoms. The molecule has 0 aromatic carbocycles. The van der Waals surface area contributed by atoms with Gasteiger partial charge in [0.05, 0.1) is 5.60 Å². The van der Waals surface area contributed by atoms with E-state index in [1.165, 1.54) is 30.8 Å². The van der Waals surface area contributed by atoms with Gasteiger partial charge in [0.1, 0.15) is 0 Å². The highest BCUT2D eigenvalue weighted by molar-refractivity contribution is 8.07. The zero-order chi connectivity index (χ0) is 15.0. The summed E-state index contributed by atoms with van der Waals surface area (Å²) in [6, 6.07) is 0.632. The minimum Gasteiger partial charge on any atom is -0.379 e. The second-order valence-electron chi connectivity index (χ2n) is 6.22. The Labute approximate surface area is 134 Å². The van der Waals surface area contributed by atoms with Crippen LogP contribution in [0.1, 0.15) is 53.4 Å². The lowest BCUT2D eigenvalue weighted by atomic mass is 9.95. The average molecular weight is 320 g/mol. The summed E-state index contributed by atoms with van der Waals surface area (Å²) in [4.78, 5) is 0. The molecule has 0 bridgehead atoms. The van der Waals surface area contributed by atoms with Gasteiger partial charge in [-0.1, -0.05) is 13.8 Å². The van der Waals surface area contributed by atoms with E-state index in [4.69, 9.17) is 4.74 Å². The van der Waals surface area contributed by atoms with E-state index in [9.17, 15) is 0 Å². The van der Waals surface area contributed by atoms with Crippen LogP contribution in [0.4, 0.5) is 0 Å². The molecule has 3 unspecified atom stereocenters. The minimum absolute atomic E-state index is 0.000330. The predicted octanol–water partition coefficient (Wildman–Crippen LogP) is 4.19. The molecule has 1 rings (SSSR count). The standard InChI is InChI=1S/C16H33NOS2/c1-6-10-17-13(8-9-16(3,4)18-5)15-14(7-2)19-11-12-20-15/h13-15,17H,6-12H2,1-5H3. The van der Waals surface area contributed by atoms with Gasteiger partial charge in [-0.05, 0) is 46.1 Å². The van der Waals surface area contributed by atoms with Gasteiger partial charge >= 0.3 is 0 Å². The Balaban J connectivity index is 2.61. The maximum Gasteiger partial charge on any atom is 0.0623 e. The van der Waals surface area contributed by atoms with Crippen molar-refractivity contribution in [3.63, 3.8) is 0 Å². The normalized spacial score (nSPS) is 25.6. The summed E-state index contributed by atoms with van der Waals surface area (Å²) in [6.07, 6.45) is 4.85. The number of hydrogen-bond acceptors (Lipinski definition) is 4. The first-order chi connectivity index (χ1) is 9.54. The van der Waals surface area contributed by atoms with Gasteiger partial charge in [0.15, 0.2) is 0 Å². The van der Waals surface area contributed by atoms with Crippen LogP contribution < -0.4 is 5.32 Å². The molecule has 4 heteroatoms. The Hall–Kier alpha value is 0.620. The molecule has 2 nitrogen and oxygen atoms in total. The van der Waals surface area contributed by atoms with Gasteiger partial charge in [0, 0.05) is 35.2 Å². The van der Waals surface area contributed by atoms with E-state index in [0.29, 0.717) is 6.04 Å². The van der Waals surface area contributed by atoms with Crippen molar-refractivity contribution >= 4 is 23.5 Å². The molecular weight excluding hydrogens is 286 g/mol. The Morgan fingerprint density at radius 1 is 1.25 bits per heavy atom. The first-order valence-electron chi connectivity index (χ1n) is 8.05. The SMILES string of the molecule is CCCNC(CCC(C)(C)OC)C1SCCSC1CC. The fraction of sp³-hybridized carbons (Fsp3) is 1.00. The summed E-state index contributed by atoms with van der Waals surface area (Å²) < 4.78 is 5.59. The molecule has 1 aliphatic heterocycles. The van der Waals surface area contributed by atoms with Crippen molar-refractivity contribution < 1.29 is 4.74 Å². The predicted molar refractivity (Wildman–Crippen MR) is 95.2 cm³/mol. The molecule has 0 aromatic rings. The quantitative estimate of drug-likeness (QED) is 0.688. The monoisotopic (exact) mass is 319 g/mol. The van der Waals surface area contributed by atoms with Gasteiger partial charge in [-0.3, -0.25) is 0 Å². The first-order valence-corrected chi connectivity index (χ1v) is 10.2. The van der Waals surface area contributed by atoms with Crippen LogP contribution >= 0.6 is 23.5 Å². The molecule has 3 atom stereocenters. The number of hydrogen-bond donors (Lipinski definition) is 1. The molecule has 0 amide bonds. The van der Waals surface area contributed by atoms with Gasteiger partial charge in [-0.15, -0.1) is 0 Å². The van der Waals surface area contributed by atoms with Crippen LogP contribution in [0.3, 0.4) is 0 Å². The van der Waals surface area contributed by atoms with Crippen LogP contribution in [0.2, 0.25) is 0 Å². The third-order valence-corrected chi connectivity index (χ3v) is 7.56. The van der Waals surface area contributed by atoms with Crippen LogP contribution in [-0.4, -0.2) is 47.3 Å². The molecule has 1 N–H and O–H groups in total. The van der Waals surface area contributed by atoms with Gasteiger partial charge in [0.2, 0.25) is 0 Å². The van der Waals surface area contributed by atoms with Crippen LogP contribution in [0.15, 0.2) is 0 Å². The third kappa shape index (κ3) is 6.17. The van der Waals surface area contributed by atoms with E-state index in [1.807, 2.05) is 7.11 Å². The Bertz CT molecular complexity index is 261. The van der Waals surface area contributed by atoms with E-state index in [2.05, 4.69) is 56.5 Å². The zero-order valence-electron chi connectivity index (χ0n) is 13.9. The van der Waals surface area contributed by atoms with E-state index in [0.717, 1.165) is 23.5 Å². The molecule has 1 saturated heterocycles. The number of rotatable bonds is 9. The summed E-state index contributed by atoms with van der Waals surface area (Å²) in [5.74, 6) is 2.63. The second-order valence-corrected chi connectivity index (χ2v) is 8.85. The van der Waals surface area contributed by atoms with Gasteiger partial charge in [-0.2, -0.15) is 23.5 Å². The Morgan fingerprint density at radius 2 is 1.95 bits per heavy atom. The highest BCUT2D eigenvalue weighted by Gasteiger charge is 2.32. The summed E-state index contributed by atoms with van der Waals surface area (Å²) in [5, 5.41) is 5.39. The maximum absolute atomic E-state index is 5.59. The number of nitrogens with one attached hydrogen (secondary N) is 1. The highest BCUT2D eigenvalue weighted by Crippen LogP contribution is 2.36. The number of ether oxygens (including phenoxy) is 1. The topological polar surface area (TPSA) is 21.3 Å². The van der Waals surface area contributed by atoms with Gasteiger partial charge < -0.3 is 10.1 Å². The molecule has 0 radical (unpaired) electrons. The van der Waals surface area contributed by atoms with Crippen LogP contribution in [0, 0.1) is 0 Å². The maximum atomic E-state index is 5.59.